The molecule has 0 aromatic carbocycles. The quantitative estimate of drug-likeness (QED) is 0.754. The lowest BCUT2D eigenvalue weighted by Crippen LogP contribution is -2.42. The molecule has 1 aliphatic carbocycles. The highest BCUT2D eigenvalue weighted by Crippen LogP contribution is 2.27. The summed E-state index contributed by atoms with van der Waals surface area (Å²) in [5.41, 5.74) is -0.527. The zero-order valence-electron chi connectivity index (χ0n) is 9.69. The van der Waals surface area contributed by atoms with Gasteiger partial charge in [0.2, 0.25) is 0 Å². The number of nitrogens with zero attached hydrogens (tertiary/aromatic N) is 4. The molecule has 0 unspecified atom stereocenters. The number of hydrogen-bond acceptors (Lipinski definition) is 5. The molecule has 0 atom stereocenters. The highest BCUT2D eigenvalue weighted by atomic mass is 16.3. The summed E-state index contributed by atoms with van der Waals surface area (Å²) in [6, 6.07) is 0. The third-order valence-corrected chi connectivity index (χ3v) is 3.07. The van der Waals surface area contributed by atoms with Gasteiger partial charge in [0.05, 0.1) is 19.2 Å². The molecule has 1 aromatic rings. The number of hydrogen-bond donors (Lipinski definition) is 2. The third kappa shape index (κ3) is 2.99. The molecule has 1 aliphatic rings. The number of aryl methyl sites for hydroxylation is 1. The molecular weight excluding hydrogens is 206 g/mol. The molecule has 1 aromatic heterocycles. The number of nitrogens with one attached hydrogen (secondary N) is 1. The van der Waals surface area contributed by atoms with Crippen LogP contribution in [0.15, 0.2) is 0 Å². The van der Waals surface area contributed by atoms with Crippen LogP contribution in [0, 0.1) is 0 Å². The number of aliphatic hydroxyl groups is 1. The van der Waals surface area contributed by atoms with Crippen LogP contribution in [0.5, 0.6) is 0 Å². The van der Waals surface area contributed by atoms with Gasteiger partial charge in [-0.3, -0.25) is 0 Å². The predicted molar refractivity (Wildman–Crippen MR) is 58.5 cm³/mol. The molecular formula is C10H19N5O. The van der Waals surface area contributed by atoms with Crippen molar-refractivity contribution in [3.63, 3.8) is 0 Å². The van der Waals surface area contributed by atoms with E-state index in [4.69, 9.17) is 0 Å². The standard InChI is InChI=1S/C10H19N5O/c1-15-13-9(12-14-15)7-11-8-10(16)5-3-2-4-6-10/h11,16H,2-8H2,1H3. The van der Waals surface area contributed by atoms with Crippen LogP contribution in [-0.2, 0) is 13.6 Å². The first-order valence-electron chi connectivity index (χ1n) is 5.84. The van der Waals surface area contributed by atoms with Gasteiger partial charge in [-0.2, -0.15) is 4.80 Å². The van der Waals surface area contributed by atoms with Crippen LogP contribution in [0.4, 0.5) is 0 Å². The van der Waals surface area contributed by atoms with E-state index in [2.05, 4.69) is 20.7 Å². The van der Waals surface area contributed by atoms with E-state index in [-0.39, 0.29) is 0 Å². The summed E-state index contributed by atoms with van der Waals surface area (Å²) in [4.78, 5) is 1.44. The van der Waals surface area contributed by atoms with E-state index in [9.17, 15) is 5.11 Å². The molecule has 6 heteroatoms. The van der Waals surface area contributed by atoms with Gasteiger partial charge < -0.3 is 10.4 Å². The highest BCUT2D eigenvalue weighted by Gasteiger charge is 2.28. The first-order valence-corrected chi connectivity index (χ1v) is 5.84. The summed E-state index contributed by atoms with van der Waals surface area (Å²) in [5.74, 6) is 0.668. The fourth-order valence-electron chi connectivity index (χ4n) is 2.19. The topological polar surface area (TPSA) is 75.9 Å². The van der Waals surface area contributed by atoms with Crippen molar-refractivity contribution in [3.8, 4) is 0 Å². The first-order chi connectivity index (χ1) is 7.68. The monoisotopic (exact) mass is 225 g/mol. The summed E-state index contributed by atoms with van der Waals surface area (Å²) in [5, 5.41) is 25.1. The Morgan fingerprint density at radius 3 is 2.75 bits per heavy atom. The number of aromatic nitrogens is 4. The molecule has 1 heterocycles. The van der Waals surface area contributed by atoms with Crippen LogP contribution in [0.25, 0.3) is 0 Å². The SMILES string of the molecule is Cn1nnc(CNCC2(O)CCCCC2)n1. The van der Waals surface area contributed by atoms with Crippen LogP contribution < -0.4 is 5.32 Å². The van der Waals surface area contributed by atoms with Crippen molar-refractivity contribution >= 4 is 0 Å². The Morgan fingerprint density at radius 2 is 2.12 bits per heavy atom. The van der Waals surface area contributed by atoms with Crippen LogP contribution in [0.3, 0.4) is 0 Å². The van der Waals surface area contributed by atoms with E-state index in [1.807, 2.05) is 0 Å². The number of tetrazole rings is 1. The van der Waals surface area contributed by atoms with Crippen LogP contribution in [-0.4, -0.2) is 37.5 Å². The molecule has 16 heavy (non-hydrogen) atoms. The van der Waals surface area contributed by atoms with Gasteiger partial charge in [-0.05, 0) is 18.1 Å². The van der Waals surface area contributed by atoms with Gasteiger partial charge >= 0.3 is 0 Å². The maximum atomic E-state index is 10.2. The zero-order chi connectivity index (χ0) is 11.4. The lowest BCUT2D eigenvalue weighted by atomic mass is 9.85. The van der Waals surface area contributed by atoms with Crippen molar-refractivity contribution in [3.05, 3.63) is 5.82 Å². The van der Waals surface area contributed by atoms with Crippen LogP contribution >= 0.6 is 0 Å². The zero-order valence-corrected chi connectivity index (χ0v) is 9.69. The second kappa shape index (κ2) is 4.88. The van der Waals surface area contributed by atoms with Gasteiger partial charge in [0.15, 0.2) is 5.82 Å². The Balaban J connectivity index is 1.74. The normalized spacial score (nSPS) is 19.9. The van der Waals surface area contributed by atoms with E-state index in [1.54, 1.807) is 7.05 Å². The van der Waals surface area contributed by atoms with Crippen molar-refractivity contribution in [2.75, 3.05) is 6.54 Å². The minimum atomic E-state index is -0.527. The Morgan fingerprint density at radius 1 is 1.38 bits per heavy atom. The Hall–Kier alpha value is -1.01. The molecule has 1 fully saturated rings. The average Bonchev–Trinajstić information content (AvgIpc) is 2.65. The minimum absolute atomic E-state index is 0.527. The maximum Gasteiger partial charge on any atom is 0.188 e. The highest BCUT2D eigenvalue weighted by molar-refractivity contribution is 4.85. The van der Waals surface area contributed by atoms with Gasteiger partial charge in [-0.25, -0.2) is 0 Å². The molecule has 1 saturated carbocycles. The van der Waals surface area contributed by atoms with E-state index in [1.165, 1.54) is 11.2 Å². The van der Waals surface area contributed by atoms with Gasteiger partial charge in [0.1, 0.15) is 0 Å². The molecule has 0 amide bonds. The molecule has 0 saturated heterocycles. The third-order valence-electron chi connectivity index (χ3n) is 3.07. The van der Waals surface area contributed by atoms with E-state index < -0.39 is 5.60 Å². The molecule has 2 N–H and O–H groups in total. The Labute approximate surface area is 95.0 Å². The minimum Gasteiger partial charge on any atom is -0.389 e. The Bertz CT molecular complexity index is 332. The second-order valence-corrected chi connectivity index (χ2v) is 4.58. The van der Waals surface area contributed by atoms with Crippen LogP contribution in [0.1, 0.15) is 37.9 Å². The molecule has 0 bridgehead atoms. The fourth-order valence-corrected chi connectivity index (χ4v) is 2.19. The fraction of sp³-hybridized carbons (Fsp3) is 0.900. The van der Waals surface area contributed by atoms with Crippen molar-refractivity contribution < 1.29 is 5.11 Å². The summed E-state index contributed by atoms with van der Waals surface area (Å²) < 4.78 is 0. The van der Waals surface area contributed by atoms with Gasteiger partial charge in [-0.15, -0.1) is 10.2 Å². The van der Waals surface area contributed by atoms with E-state index >= 15 is 0 Å². The van der Waals surface area contributed by atoms with Gasteiger partial charge in [0, 0.05) is 6.54 Å². The van der Waals surface area contributed by atoms with E-state index in [0.29, 0.717) is 18.9 Å². The molecule has 0 radical (unpaired) electrons. The summed E-state index contributed by atoms with van der Waals surface area (Å²) >= 11 is 0. The number of rotatable bonds is 4. The van der Waals surface area contributed by atoms with Crippen molar-refractivity contribution in [2.24, 2.45) is 7.05 Å². The molecule has 90 valence electrons. The Kier molecular flexibility index (Phi) is 3.50. The average molecular weight is 225 g/mol. The molecule has 2 rings (SSSR count). The summed E-state index contributed by atoms with van der Waals surface area (Å²) in [7, 11) is 1.74. The smallest absolute Gasteiger partial charge is 0.188 e. The molecule has 6 nitrogen and oxygen atoms in total. The largest absolute Gasteiger partial charge is 0.389 e. The summed E-state index contributed by atoms with van der Waals surface area (Å²) in [6.45, 7) is 1.18. The van der Waals surface area contributed by atoms with E-state index in [0.717, 1.165) is 25.7 Å². The van der Waals surface area contributed by atoms with Gasteiger partial charge in [0.25, 0.3) is 0 Å². The van der Waals surface area contributed by atoms with Crippen molar-refractivity contribution in [1.29, 1.82) is 0 Å². The van der Waals surface area contributed by atoms with Crippen molar-refractivity contribution in [2.45, 2.75) is 44.2 Å². The van der Waals surface area contributed by atoms with Crippen LogP contribution in [0.2, 0.25) is 0 Å². The maximum absolute atomic E-state index is 10.2. The lowest BCUT2D eigenvalue weighted by molar-refractivity contribution is 0.00455. The first kappa shape index (κ1) is 11.5. The van der Waals surface area contributed by atoms with Crippen molar-refractivity contribution in [1.82, 2.24) is 25.5 Å². The molecule has 0 aliphatic heterocycles. The summed E-state index contributed by atoms with van der Waals surface area (Å²) in [6.07, 6.45) is 5.29. The second-order valence-electron chi connectivity index (χ2n) is 4.58. The molecule has 0 spiro atoms. The lowest BCUT2D eigenvalue weighted by Gasteiger charge is -2.32. The predicted octanol–water partition coefficient (Wildman–Crippen LogP) is -0.00510. The van der Waals surface area contributed by atoms with Gasteiger partial charge in [-0.1, -0.05) is 19.3 Å².